The highest BCUT2D eigenvalue weighted by atomic mass is 19.2. The van der Waals surface area contributed by atoms with Gasteiger partial charge in [-0.3, -0.25) is 0 Å². The van der Waals surface area contributed by atoms with Crippen LogP contribution in [-0.4, -0.2) is 12.6 Å². The fraction of sp³-hybridized carbons (Fsp3) is 0.188. The minimum absolute atomic E-state index is 0.290. The van der Waals surface area contributed by atoms with Crippen LogP contribution in [0.25, 0.3) is 0 Å². The normalized spacial score (nSPS) is 10.2. The molecular weight excluding hydrogens is 274 g/mol. The molecular formula is C16H16F2N2O. The van der Waals surface area contributed by atoms with E-state index in [1.807, 2.05) is 30.3 Å². The molecule has 0 fully saturated rings. The first-order valence-electron chi connectivity index (χ1n) is 6.65. The number of urea groups is 1. The minimum Gasteiger partial charge on any atom is -0.338 e. The molecule has 3 nitrogen and oxygen atoms in total. The summed E-state index contributed by atoms with van der Waals surface area (Å²) in [6.07, 6.45) is 0.440. The Morgan fingerprint density at radius 3 is 2.38 bits per heavy atom. The standard InChI is InChI=1S/C16H16F2N2O/c17-14-7-6-12(10-15(14)18)8-9-19-16(21)20-11-13-4-2-1-3-5-13/h1-7,10H,8-9,11H2,(H2,19,20,21). The average Bonchev–Trinajstić information content (AvgIpc) is 2.50. The summed E-state index contributed by atoms with van der Waals surface area (Å²) in [7, 11) is 0. The smallest absolute Gasteiger partial charge is 0.315 e. The van der Waals surface area contributed by atoms with E-state index in [9.17, 15) is 13.6 Å². The predicted octanol–water partition coefficient (Wildman–Crippen LogP) is 3.01. The lowest BCUT2D eigenvalue weighted by Crippen LogP contribution is -2.36. The van der Waals surface area contributed by atoms with Gasteiger partial charge in [-0.25, -0.2) is 13.6 Å². The van der Waals surface area contributed by atoms with E-state index in [1.165, 1.54) is 6.07 Å². The molecule has 0 saturated carbocycles. The summed E-state index contributed by atoms with van der Waals surface area (Å²) in [5, 5.41) is 5.39. The molecule has 2 N–H and O–H groups in total. The van der Waals surface area contributed by atoms with E-state index in [0.717, 1.165) is 17.7 Å². The second kappa shape index (κ2) is 7.38. The Balaban J connectivity index is 1.70. The number of hydrogen-bond acceptors (Lipinski definition) is 1. The lowest BCUT2D eigenvalue weighted by atomic mass is 10.1. The van der Waals surface area contributed by atoms with Crippen molar-refractivity contribution < 1.29 is 13.6 Å². The minimum atomic E-state index is -0.874. The van der Waals surface area contributed by atoms with Crippen molar-refractivity contribution in [2.24, 2.45) is 0 Å². The lowest BCUT2D eigenvalue weighted by molar-refractivity contribution is 0.240. The summed E-state index contributed by atoms with van der Waals surface area (Å²) < 4.78 is 25.8. The molecule has 2 aromatic rings. The summed E-state index contributed by atoms with van der Waals surface area (Å²) in [6, 6.07) is 13.0. The van der Waals surface area contributed by atoms with Gasteiger partial charge in [-0.05, 0) is 29.7 Å². The third-order valence-electron chi connectivity index (χ3n) is 2.98. The van der Waals surface area contributed by atoms with Crippen LogP contribution in [0, 0.1) is 11.6 Å². The predicted molar refractivity (Wildman–Crippen MR) is 76.7 cm³/mol. The van der Waals surface area contributed by atoms with E-state index in [1.54, 1.807) is 0 Å². The molecule has 0 aromatic heterocycles. The summed E-state index contributed by atoms with van der Waals surface area (Å²) in [5.74, 6) is -1.74. The third-order valence-corrected chi connectivity index (χ3v) is 2.98. The molecule has 0 bridgehead atoms. The van der Waals surface area contributed by atoms with Crippen molar-refractivity contribution in [3.63, 3.8) is 0 Å². The number of nitrogens with one attached hydrogen (secondary N) is 2. The van der Waals surface area contributed by atoms with Crippen molar-refractivity contribution in [3.05, 3.63) is 71.3 Å². The number of amides is 2. The second-order valence-corrected chi connectivity index (χ2v) is 4.59. The molecule has 2 aromatic carbocycles. The molecule has 0 saturated heterocycles. The molecule has 0 heterocycles. The quantitative estimate of drug-likeness (QED) is 0.873. The topological polar surface area (TPSA) is 41.1 Å². The molecule has 0 aliphatic carbocycles. The van der Waals surface area contributed by atoms with Crippen LogP contribution < -0.4 is 10.6 Å². The SMILES string of the molecule is O=C(NCCc1ccc(F)c(F)c1)NCc1ccccc1. The summed E-state index contributed by atoms with van der Waals surface area (Å²) in [5.41, 5.74) is 1.64. The zero-order valence-electron chi connectivity index (χ0n) is 11.4. The van der Waals surface area contributed by atoms with Gasteiger partial charge >= 0.3 is 6.03 Å². The maximum absolute atomic E-state index is 13.0. The highest BCUT2D eigenvalue weighted by Crippen LogP contribution is 2.08. The van der Waals surface area contributed by atoms with Crippen LogP contribution in [-0.2, 0) is 13.0 Å². The van der Waals surface area contributed by atoms with Crippen LogP contribution in [0.15, 0.2) is 48.5 Å². The second-order valence-electron chi connectivity index (χ2n) is 4.59. The van der Waals surface area contributed by atoms with Gasteiger partial charge < -0.3 is 10.6 Å². The van der Waals surface area contributed by atoms with Crippen molar-refractivity contribution in [1.82, 2.24) is 10.6 Å². The van der Waals surface area contributed by atoms with Crippen LogP contribution >= 0.6 is 0 Å². The van der Waals surface area contributed by atoms with Crippen molar-refractivity contribution in [1.29, 1.82) is 0 Å². The van der Waals surface area contributed by atoms with E-state index >= 15 is 0 Å². The molecule has 2 rings (SSSR count). The van der Waals surface area contributed by atoms with Gasteiger partial charge in [0, 0.05) is 13.1 Å². The molecule has 21 heavy (non-hydrogen) atoms. The number of benzene rings is 2. The summed E-state index contributed by atoms with van der Waals surface area (Å²) in [6.45, 7) is 0.795. The van der Waals surface area contributed by atoms with Gasteiger partial charge in [-0.2, -0.15) is 0 Å². The van der Waals surface area contributed by atoms with E-state index in [2.05, 4.69) is 10.6 Å². The molecule has 2 amide bonds. The molecule has 0 radical (unpaired) electrons. The Morgan fingerprint density at radius 2 is 1.67 bits per heavy atom. The van der Waals surface area contributed by atoms with Crippen LogP contribution in [0.5, 0.6) is 0 Å². The van der Waals surface area contributed by atoms with E-state index in [0.29, 0.717) is 25.1 Å². The Morgan fingerprint density at radius 1 is 0.905 bits per heavy atom. The molecule has 0 atom stereocenters. The number of carbonyl (C=O) groups excluding carboxylic acids is 1. The Kier molecular flexibility index (Phi) is 5.26. The zero-order valence-corrected chi connectivity index (χ0v) is 11.4. The fourth-order valence-electron chi connectivity index (χ4n) is 1.86. The van der Waals surface area contributed by atoms with Gasteiger partial charge in [0.05, 0.1) is 0 Å². The maximum atomic E-state index is 13.0. The van der Waals surface area contributed by atoms with Gasteiger partial charge in [0.15, 0.2) is 11.6 Å². The van der Waals surface area contributed by atoms with Crippen LogP contribution in [0.4, 0.5) is 13.6 Å². The van der Waals surface area contributed by atoms with Crippen LogP contribution in [0.1, 0.15) is 11.1 Å². The lowest BCUT2D eigenvalue weighted by Gasteiger charge is -2.08. The summed E-state index contributed by atoms with van der Waals surface area (Å²) in [4.78, 5) is 11.6. The first-order valence-corrected chi connectivity index (χ1v) is 6.65. The number of rotatable bonds is 5. The van der Waals surface area contributed by atoms with Crippen LogP contribution in [0.2, 0.25) is 0 Å². The van der Waals surface area contributed by atoms with Crippen molar-refractivity contribution in [2.75, 3.05) is 6.54 Å². The number of halogens is 2. The average molecular weight is 290 g/mol. The van der Waals surface area contributed by atoms with Gasteiger partial charge in [-0.15, -0.1) is 0 Å². The fourth-order valence-corrected chi connectivity index (χ4v) is 1.86. The number of carbonyl (C=O) groups is 1. The van der Waals surface area contributed by atoms with Gasteiger partial charge in [0.25, 0.3) is 0 Å². The van der Waals surface area contributed by atoms with Gasteiger partial charge in [0.1, 0.15) is 0 Å². The third kappa shape index (κ3) is 4.87. The Bertz CT molecular complexity index is 602. The largest absolute Gasteiger partial charge is 0.338 e. The van der Waals surface area contributed by atoms with Crippen molar-refractivity contribution in [2.45, 2.75) is 13.0 Å². The van der Waals surface area contributed by atoms with E-state index in [4.69, 9.17) is 0 Å². The Labute approximate surface area is 122 Å². The van der Waals surface area contributed by atoms with Crippen molar-refractivity contribution in [3.8, 4) is 0 Å². The number of hydrogen-bond donors (Lipinski definition) is 2. The summed E-state index contributed by atoms with van der Waals surface area (Å²) >= 11 is 0. The van der Waals surface area contributed by atoms with E-state index < -0.39 is 11.6 Å². The molecule has 110 valence electrons. The first kappa shape index (κ1) is 15.0. The maximum Gasteiger partial charge on any atom is 0.315 e. The Hall–Kier alpha value is -2.43. The molecule has 0 spiro atoms. The van der Waals surface area contributed by atoms with Gasteiger partial charge in [0.2, 0.25) is 0 Å². The molecule has 0 unspecified atom stereocenters. The zero-order chi connectivity index (χ0) is 15.1. The monoisotopic (exact) mass is 290 g/mol. The molecule has 0 aliphatic heterocycles. The van der Waals surface area contributed by atoms with E-state index in [-0.39, 0.29) is 6.03 Å². The van der Waals surface area contributed by atoms with Crippen LogP contribution in [0.3, 0.4) is 0 Å². The first-order chi connectivity index (χ1) is 10.1. The van der Waals surface area contributed by atoms with Gasteiger partial charge in [-0.1, -0.05) is 36.4 Å². The highest BCUT2D eigenvalue weighted by molar-refractivity contribution is 5.73. The molecule has 5 heteroatoms. The molecule has 0 aliphatic rings. The highest BCUT2D eigenvalue weighted by Gasteiger charge is 2.03. The van der Waals surface area contributed by atoms with Crippen molar-refractivity contribution >= 4 is 6.03 Å².